The average molecular weight is 416 g/mol. The molecule has 4 fully saturated rings. The molecule has 1 unspecified atom stereocenters. The van der Waals surface area contributed by atoms with Crippen molar-refractivity contribution >= 4 is 12.0 Å². The number of nitrogens with zero attached hydrogens (tertiary/aromatic N) is 1. The Balaban J connectivity index is 1.10. The second kappa shape index (κ2) is 7.43. The van der Waals surface area contributed by atoms with Gasteiger partial charge in [0.15, 0.2) is 11.6 Å². The van der Waals surface area contributed by atoms with Crippen LogP contribution in [0.4, 0.5) is 9.18 Å². The standard InChI is InChI=1S/C23H29FN2O4/c1-14(30-20-5-4-17(10-19(20)24)16-2-3-16)15-6-8-26(9-7-15)21(27)18-11-23(12-18)13-29-22(28)25-23/h4-5,10,14-16,18H,2-3,6-9,11-13H2,1H3,(H,25,28)/t14?,18-,23-. The van der Waals surface area contributed by atoms with E-state index in [-0.39, 0.29) is 35.4 Å². The van der Waals surface area contributed by atoms with E-state index in [1.54, 1.807) is 12.1 Å². The van der Waals surface area contributed by atoms with E-state index in [9.17, 15) is 14.0 Å². The lowest BCUT2D eigenvalue weighted by molar-refractivity contribution is -0.143. The summed E-state index contributed by atoms with van der Waals surface area (Å²) in [4.78, 5) is 26.0. The Kier molecular flexibility index (Phi) is 4.86. The van der Waals surface area contributed by atoms with E-state index >= 15 is 0 Å². The van der Waals surface area contributed by atoms with Gasteiger partial charge in [-0.25, -0.2) is 9.18 Å². The van der Waals surface area contributed by atoms with Gasteiger partial charge in [0.1, 0.15) is 6.61 Å². The smallest absolute Gasteiger partial charge is 0.407 e. The van der Waals surface area contributed by atoms with Crippen molar-refractivity contribution in [3.05, 3.63) is 29.6 Å². The number of nitrogens with one attached hydrogen (secondary N) is 1. The molecule has 0 aromatic heterocycles. The molecule has 1 aromatic rings. The average Bonchev–Trinajstić information content (AvgIpc) is 3.49. The van der Waals surface area contributed by atoms with Gasteiger partial charge in [-0.15, -0.1) is 0 Å². The summed E-state index contributed by atoms with van der Waals surface area (Å²) >= 11 is 0. The molecule has 1 spiro atoms. The van der Waals surface area contributed by atoms with Crippen molar-refractivity contribution in [1.82, 2.24) is 10.2 Å². The zero-order valence-electron chi connectivity index (χ0n) is 17.4. The normalized spacial score (nSPS) is 29.9. The minimum Gasteiger partial charge on any atom is -0.487 e. The maximum atomic E-state index is 14.4. The van der Waals surface area contributed by atoms with Crippen LogP contribution in [-0.2, 0) is 9.53 Å². The highest BCUT2D eigenvalue weighted by Gasteiger charge is 2.53. The third-order valence-corrected chi connectivity index (χ3v) is 7.30. The molecule has 2 saturated heterocycles. The van der Waals surface area contributed by atoms with Crippen molar-refractivity contribution in [3.8, 4) is 5.75 Å². The number of ether oxygens (including phenoxy) is 2. The number of cyclic esters (lactones) is 1. The predicted octanol–water partition coefficient (Wildman–Crippen LogP) is 3.60. The molecule has 6 nitrogen and oxygen atoms in total. The van der Waals surface area contributed by atoms with Crippen LogP contribution in [0, 0.1) is 17.7 Å². The molecule has 0 radical (unpaired) electrons. The Morgan fingerprint density at radius 3 is 2.60 bits per heavy atom. The number of carbonyl (C=O) groups is 2. The number of carbonyl (C=O) groups excluding carboxylic acids is 2. The van der Waals surface area contributed by atoms with Gasteiger partial charge in [0.2, 0.25) is 5.91 Å². The molecule has 2 aliphatic heterocycles. The fourth-order valence-electron chi connectivity index (χ4n) is 5.20. The lowest BCUT2D eigenvalue weighted by Crippen LogP contribution is -2.58. The second-order valence-electron chi connectivity index (χ2n) is 9.54. The molecule has 1 N–H and O–H groups in total. The zero-order chi connectivity index (χ0) is 20.9. The summed E-state index contributed by atoms with van der Waals surface area (Å²) in [6, 6.07) is 5.35. The summed E-state index contributed by atoms with van der Waals surface area (Å²) in [6.45, 7) is 3.76. The molecular weight excluding hydrogens is 387 g/mol. The molecular formula is C23H29FN2O4. The summed E-state index contributed by atoms with van der Waals surface area (Å²) < 4.78 is 25.3. The predicted molar refractivity (Wildman–Crippen MR) is 108 cm³/mol. The van der Waals surface area contributed by atoms with E-state index in [1.165, 1.54) is 0 Å². The van der Waals surface area contributed by atoms with Crippen molar-refractivity contribution in [2.24, 2.45) is 11.8 Å². The maximum Gasteiger partial charge on any atom is 0.407 e. The van der Waals surface area contributed by atoms with Gasteiger partial charge in [-0.3, -0.25) is 4.79 Å². The third kappa shape index (κ3) is 3.74. The number of piperidine rings is 1. The minimum atomic E-state index is -0.380. The number of likely N-dealkylation sites (tertiary alicyclic amines) is 1. The van der Waals surface area contributed by atoms with Crippen molar-refractivity contribution in [2.45, 2.75) is 63.0 Å². The maximum absolute atomic E-state index is 14.4. The molecule has 2 heterocycles. The summed E-state index contributed by atoms with van der Waals surface area (Å²) in [5, 5.41) is 2.84. The van der Waals surface area contributed by atoms with E-state index in [0.29, 0.717) is 50.1 Å². The van der Waals surface area contributed by atoms with Crippen LogP contribution in [0.1, 0.15) is 56.9 Å². The van der Waals surface area contributed by atoms with Crippen LogP contribution in [0.25, 0.3) is 0 Å². The fourth-order valence-corrected chi connectivity index (χ4v) is 5.20. The molecule has 1 atom stereocenters. The number of amides is 2. The Labute approximate surface area is 176 Å². The molecule has 30 heavy (non-hydrogen) atoms. The van der Waals surface area contributed by atoms with Gasteiger partial charge >= 0.3 is 6.09 Å². The molecule has 4 aliphatic rings. The number of halogens is 1. The number of hydrogen-bond donors (Lipinski definition) is 1. The van der Waals surface area contributed by atoms with E-state index in [4.69, 9.17) is 9.47 Å². The first kappa shape index (κ1) is 19.6. The molecule has 162 valence electrons. The highest BCUT2D eigenvalue weighted by Crippen LogP contribution is 2.42. The van der Waals surface area contributed by atoms with Crippen molar-refractivity contribution in [3.63, 3.8) is 0 Å². The van der Waals surface area contributed by atoms with E-state index < -0.39 is 0 Å². The number of alkyl carbamates (subject to hydrolysis) is 1. The number of rotatable bonds is 5. The van der Waals surface area contributed by atoms with Crippen molar-refractivity contribution in [2.75, 3.05) is 19.7 Å². The number of benzene rings is 1. The van der Waals surface area contributed by atoms with Crippen LogP contribution >= 0.6 is 0 Å². The Bertz CT molecular complexity index is 842. The highest BCUT2D eigenvalue weighted by atomic mass is 19.1. The summed E-state index contributed by atoms with van der Waals surface area (Å²) in [6.07, 6.45) is 4.85. The molecule has 2 saturated carbocycles. The lowest BCUT2D eigenvalue weighted by Gasteiger charge is -2.45. The fraction of sp³-hybridized carbons (Fsp3) is 0.652. The molecule has 2 amide bonds. The minimum absolute atomic E-state index is 0.0312. The molecule has 7 heteroatoms. The first-order valence-corrected chi connectivity index (χ1v) is 11.1. The van der Waals surface area contributed by atoms with E-state index in [0.717, 1.165) is 31.2 Å². The van der Waals surface area contributed by atoms with E-state index in [1.807, 2.05) is 17.9 Å². The Morgan fingerprint density at radius 1 is 1.27 bits per heavy atom. The van der Waals surface area contributed by atoms with Gasteiger partial charge in [-0.05, 0) is 75.0 Å². The van der Waals surface area contributed by atoms with Crippen LogP contribution in [0.5, 0.6) is 5.75 Å². The van der Waals surface area contributed by atoms with Gasteiger partial charge in [-0.2, -0.15) is 0 Å². The topological polar surface area (TPSA) is 67.9 Å². The highest BCUT2D eigenvalue weighted by molar-refractivity contribution is 5.81. The Hall–Kier alpha value is -2.31. The zero-order valence-corrected chi connectivity index (χ0v) is 17.4. The third-order valence-electron chi connectivity index (χ3n) is 7.30. The quantitative estimate of drug-likeness (QED) is 0.797. The van der Waals surface area contributed by atoms with Gasteiger partial charge in [0.25, 0.3) is 0 Å². The summed E-state index contributed by atoms with van der Waals surface area (Å²) in [5.41, 5.74) is 0.748. The van der Waals surface area contributed by atoms with Crippen molar-refractivity contribution in [1.29, 1.82) is 0 Å². The van der Waals surface area contributed by atoms with Gasteiger partial charge in [0.05, 0.1) is 11.6 Å². The summed E-state index contributed by atoms with van der Waals surface area (Å²) in [7, 11) is 0. The van der Waals surface area contributed by atoms with Crippen LogP contribution < -0.4 is 10.1 Å². The van der Waals surface area contributed by atoms with Crippen LogP contribution in [0.15, 0.2) is 18.2 Å². The monoisotopic (exact) mass is 416 g/mol. The van der Waals surface area contributed by atoms with Gasteiger partial charge in [0, 0.05) is 19.0 Å². The first-order valence-electron chi connectivity index (χ1n) is 11.1. The van der Waals surface area contributed by atoms with Crippen molar-refractivity contribution < 1.29 is 23.5 Å². The first-order chi connectivity index (χ1) is 14.4. The molecule has 2 aliphatic carbocycles. The van der Waals surface area contributed by atoms with Crippen LogP contribution in [0.3, 0.4) is 0 Å². The largest absolute Gasteiger partial charge is 0.487 e. The van der Waals surface area contributed by atoms with E-state index in [2.05, 4.69) is 5.32 Å². The number of hydrogen-bond acceptors (Lipinski definition) is 4. The van der Waals surface area contributed by atoms with Crippen LogP contribution in [0.2, 0.25) is 0 Å². The Morgan fingerprint density at radius 2 is 2.00 bits per heavy atom. The molecule has 5 rings (SSSR count). The van der Waals surface area contributed by atoms with Gasteiger partial charge < -0.3 is 19.7 Å². The summed E-state index contributed by atoms with van der Waals surface area (Å²) in [5.74, 6) is 1.02. The lowest BCUT2D eigenvalue weighted by atomic mass is 9.68. The van der Waals surface area contributed by atoms with Crippen LogP contribution in [-0.4, -0.2) is 48.2 Å². The molecule has 1 aromatic carbocycles. The SMILES string of the molecule is CC(Oc1ccc(C2CC2)cc1F)C1CCN(C(=O)[C@H]2C[C@@]3(COC(=O)N3)C2)CC1. The second-order valence-corrected chi connectivity index (χ2v) is 9.54. The van der Waals surface area contributed by atoms with Gasteiger partial charge in [-0.1, -0.05) is 6.07 Å². The molecule has 0 bridgehead atoms.